The second kappa shape index (κ2) is 4.20. The van der Waals surface area contributed by atoms with Gasteiger partial charge in [-0.05, 0) is 39.5 Å². The van der Waals surface area contributed by atoms with Crippen molar-refractivity contribution >= 4 is 6.09 Å². The van der Waals surface area contributed by atoms with Crippen molar-refractivity contribution in [2.45, 2.75) is 39.2 Å². The predicted molar refractivity (Wildman–Crippen MR) is 55.9 cm³/mol. The second-order valence-electron chi connectivity index (χ2n) is 4.91. The average molecular weight is 198 g/mol. The number of hydrogen-bond acceptors (Lipinski definition) is 2. The Balaban J connectivity index is 2.38. The van der Waals surface area contributed by atoms with Crippen molar-refractivity contribution in [3.63, 3.8) is 0 Å². The van der Waals surface area contributed by atoms with Crippen LogP contribution in [0.25, 0.3) is 0 Å². The molecular formula is C11H20NO2. The van der Waals surface area contributed by atoms with Gasteiger partial charge in [0, 0.05) is 13.1 Å². The maximum Gasteiger partial charge on any atom is 0.410 e. The summed E-state index contributed by atoms with van der Waals surface area (Å²) in [7, 11) is 0. The Bertz CT molecular complexity index is 200. The summed E-state index contributed by atoms with van der Waals surface area (Å²) in [5.74, 6) is 0.494. The minimum absolute atomic E-state index is 0.190. The fraction of sp³-hybridized carbons (Fsp3) is 0.818. The summed E-state index contributed by atoms with van der Waals surface area (Å²) in [5, 5.41) is 0. The van der Waals surface area contributed by atoms with Gasteiger partial charge in [-0.3, -0.25) is 0 Å². The normalized spacial score (nSPS) is 19.6. The third-order valence-electron chi connectivity index (χ3n) is 2.27. The SMILES string of the molecule is [CH2]C1CCN(C(=O)OC(C)(C)C)CC1. The van der Waals surface area contributed by atoms with E-state index < -0.39 is 5.60 Å². The summed E-state index contributed by atoms with van der Waals surface area (Å²) in [6.45, 7) is 11.2. The Morgan fingerprint density at radius 1 is 1.36 bits per heavy atom. The van der Waals surface area contributed by atoms with Crippen molar-refractivity contribution in [2.75, 3.05) is 13.1 Å². The molecule has 1 saturated heterocycles. The molecule has 0 N–H and O–H groups in total. The first-order chi connectivity index (χ1) is 6.38. The van der Waals surface area contributed by atoms with E-state index in [1.165, 1.54) is 0 Å². The molecule has 0 unspecified atom stereocenters. The van der Waals surface area contributed by atoms with Gasteiger partial charge < -0.3 is 9.64 Å². The molecule has 1 aliphatic heterocycles. The van der Waals surface area contributed by atoms with E-state index in [-0.39, 0.29) is 6.09 Å². The zero-order valence-electron chi connectivity index (χ0n) is 9.38. The first-order valence-electron chi connectivity index (χ1n) is 5.19. The van der Waals surface area contributed by atoms with Crippen LogP contribution in [0.1, 0.15) is 33.6 Å². The number of likely N-dealkylation sites (tertiary alicyclic amines) is 1. The first kappa shape index (κ1) is 11.3. The van der Waals surface area contributed by atoms with Crippen molar-refractivity contribution in [1.29, 1.82) is 0 Å². The molecule has 3 heteroatoms. The summed E-state index contributed by atoms with van der Waals surface area (Å²) < 4.78 is 5.28. The Kier molecular flexibility index (Phi) is 3.40. The number of hydrogen-bond donors (Lipinski definition) is 0. The van der Waals surface area contributed by atoms with E-state index in [4.69, 9.17) is 4.74 Å². The van der Waals surface area contributed by atoms with Gasteiger partial charge in [0.05, 0.1) is 0 Å². The monoisotopic (exact) mass is 198 g/mol. The Hall–Kier alpha value is -0.730. The molecular weight excluding hydrogens is 178 g/mol. The zero-order valence-corrected chi connectivity index (χ0v) is 9.38. The fourth-order valence-electron chi connectivity index (χ4n) is 1.44. The van der Waals surface area contributed by atoms with Crippen LogP contribution < -0.4 is 0 Å². The second-order valence-corrected chi connectivity index (χ2v) is 4.91. The van der Waals surface area contributed by atoms with Gasteiger partial charge in [0.2, 0.25) is 0 Å². The Morgan fingerprint density at radius 2 is 1.86 bits per heavy atom. The van der Waals surface area contributed by atoms with Gasteiger partial charge in [0.15, 0.2) is 0 Å². The number of carbonyl (C=O) groups excluding carboxylic acids is 1. The minimum atomic E-state index is -0.390. The van der Waals surface area contributed by atoms with Crippen molar-refractivity contribution in [3.05, 3.63) is 6.92 Å². The fourth-order valence-corrected chi connectivity index (χ4v) is 1.44. The lowest BCUT2D eigenvalue weighted by Gasteiger charge is -2.32. The van der Waals surface area contributed by atoms with Gasteiger partial charge >= 0.3 is 6.09 Å². The summed E-state index contributed by atoms with van der Waals surface area (Å²) in [4.78, 5) is 13.4. The van der Waals surface area contributed by atoms with Gasteiger partial charge in [-0.15, -0.1) is 0 Å². The number of nitrogens with zero attached hydrogens (tertiary/aromatic N) is 1. The van der Waals surface area contributed by atoms with Crippen LogP contribution in [0.5, 0.6) is 0 Å². The van der Waals surface area contributed by atoms with E-state index in [1.807, 2.05) is 20.8 Å². The molecule has 3 nitrogen and oxygen atoms in total. The van der Waals surface area contributed by atoms with E-state index in [0.29, 0.717) is 5.92 Å². The van der Waals surface area contributed by atoms with Crippen LogP contribution in [0, 0.1) is 12.8 Å². The highest BCUT2D eigenvalue weighted by atomic mass is 16.6. The lowest BCUT2D eigenvalue weighted by molar-refractivity contribution is 0.0197. The van der Waals surface area contributed by atoms with Crippen molar-refractivity contribution in [3.8, 4) is 0 Å². The topological polar surface area (TPSA) is 29.5 Å². The molecule has 0 spiro atoms. The van der Waals surface area contributed by atoms with Crippen LogP contribution in [0.3, 0.4) is 0 Å². The van der Waals surface area contributed by atoms with Crippen molar-refractivity contribution in [1.82, 2.24) is 4.90 Å². The highest BCUT2D eigenvalue weighted by molar-refractivity contribution is 5.68. The van der Waals surface area contributed by atoms with Gasteiger partial charge in [0.25, 0.3) is 0 Å². The van der Waals surface area contributed by atoms with E-state index >= 15 is 0 Å². The quantitative estimate of drug-likeness (QED) is 0.598. The van der Waals surface area contributed by atoms with Crippen LogP contribution >= 0.6 is 0 Å². The molecule has 1 rings (SSSR count). The molecule has 0 aromatic rings. The molecule has 1 radical (unpaired) electrons. The smallest absolute Gasteiger partial charge is 0.410 e. The standard InChI is InChI=1S/C11H20NO2/c1-9-5-7-12(8-6-9)10(13)14-11(2,3)4/h9H,1,5-8H2,2-4H3. The first-order valence-corrected chi connectivity index (χ1v) is 5.19. The maximum absolute atomic E-state index is 11.6. The van der Waals surface area contributed by atoms with Gasteiger partial charge in [-0.25, -0.2) is 4.79 Å². The summed E-state index contributed by atoms with van der Waals surface area (Å²) in [6, 6.07) is 0. The molecule has 81 valence electrons. The molecule has 0 bridgehead atoms. The highest BCUT2D eigenvalue weighted by Crippen LogP contribution is 2.18. The third-order valence-corrected chi connectivity index (χ3v) is 2.27. The summed E-state index contributed by atoms with van der Waals surface area (Å²) in [5.41, 5.74) is -0.390. The van der Waals surface area contributed by atoms with Crippen molar-refractivity contribution in [2.24, 2.45) is 5.92 Å². The molecule has 0 saturated carbocycles. The molecule has 1 fully saturated rings. The van der Waals surface area contributed by atoms with E-state index in [1.54, 1.807) is 4.90 Å². The van der Waals surface area contributed by atoms with Gasteiger partial charge in [0.1, 0.15) is 5.60 Å². The maximum atomic E-state index is 11.6. The number of amides is 1. The molecule has 0 aliphatic carbocycles. The molecule has 0 atom stereocenters. The van der Waals surface area contributed by atoms with Crippen LogP contribution in [-0.2, 0) is 4.74 Å². The Labute approximate surface area is 86.4 Å². The van der Waals surface area contributed by atoms with Crippen LogP contribution in [-0.4, -0.2) is 29.7 Å². The lowest BCUT2D eigenvalue weighted by Crippen LogP contribution is -2.41. The van der Waals surface area contributed by atoms with Crippen LogP contribution in [0.2, 0.25) is 0 Å². The van der Waals surface area contributed by atoms with Crippen molar-refractivity contribution < 1.29 is 9.53 Å². The number of ether oxygens (including phenoxy) is 1. The van der Waals surface area contributed by atoms with Gasteiger partial charge in [-0.2, -0.15) is 0 Å². The predicted octanol–water partition coefficient (Wildman–Crippen LogP) is 2.47. The Morgan fingerprint density at radius 3 is 2.29 bits per heavy atom. The average Bonchev–Trinajstić information content (AvgIpc) is 2.02. The number of piperidine rings is 1. The van der Waals surface area contributed by atoms with Crippen LogP contribution in [0.15, 0.2) is 0 Å². The summed E-state index contributed by atoms with van der Waals surface area (Å²) in [6.07, 6.45) is 1.78. The zero-order chi connectivity index (χ0) is 10.8. The number of carbonyl (C=O) groups is 1. The van der Waals surface area contributed by atoms with E-state index in [0.717, 1.165) is 25.9 Å². The molecule has 0 aromatic heterocycles. The largest absolute Gasteiger partial charge is 0.444 e. The molecule has 1 amide bonds. The molecule has 0 aromatic carbocycles. The molecule has 14 heavy (non-hydrogen) atoms. The van der Waals surface area contributed by atoms with E-state index in [9.17, 15) is 4.79 Å². The van der Waals surface area contributed by atoms with Crippen LogP contribution in [0.4, 0.5) is 4.79 Å². The molecule has 1 aliphatic rings. The summed E-state index contributed by atoms with van der Waals surface area (Å²) >= 11 is 0. The molecule has 1 heterocycles. The third kappa shape index (κ3) is 3.56. The number of rotatable bonds is 0. The van der Waals surface area contributed by atoms with Gasteiger partial charge in [-0.1, -0.05) is 6.92 Å². The highest BCUT2D eigenvalue weighted by Gasteiger charge is 2.25. The van der Waals surface area contributed by atoms with E-state index in [2.05, 4.69) is 6.92 Å². The minimum Gasteiger partial charge on any atom is -0.444 e. The lowest BCUT2D eigenvalue weighted by atomic mass is 10.00.